The maximum absolute atomic E-state index is 5.28. The van der Waals surface area contributed by atoms with E-state index in [9.17, 15) is 0 Å². The van der Waals surface area contributed by atoms with Gasteiger partial charge < -0.3 is 0 Å². The van der Waals surface area contributed by atoms with Gasteiger partial charge in [-0.1, -0.05) is 164 Å². The van der Waals surface area contributed by atoms with E-state index in [1.807, 2.05) is 35.6 Å². The minimum absolute atomic E-state index is 0.705. The van der Waals surface area contributed by atoms with Crippen molar-refractivity contribution >= 4 is 42.3 Å². The lowest BCUT2D eigenvalue weighted by Crippen LogP contribution is -1.97. The average molecular weight is 693 g/mol. The molecule has 0 bridgehead atoms. The molecule has 0 N–H and O–H groups in total. The lowest BCUT2D eigenvalue weighted by Gasteiger charge is -2.16. The van der Waals surface area contributed by atoms with Crippen molar-refractivity contribution in [3.05, 3.63) is 194 Å². The fraction of sp³-hybridized carbons (Fsp3) is 0. The van der Waals surface area contributed by atoms with Crippen LogP contribution in [-0.4, -0.2) is 9.97 Å². The Bertz CT molecular complexity index is 2880. The van der Waals surface area contributed by atoms with E-state index in [-0.39, 0.29) is 0 Å². The molecule has 248 valence electrons. The smallest absolute Gasteiger partial charge is 0.160 e. The van der Waals surface area contributed by atoms with Gasteiger partial charge in [0.2, 0.25) is 0 Å². The van der Waals surface area contributed by atoms with E-state index >= 15 is 0 Å². The Kier molecular flexibility index (Phi) is 7.71. The summed E-state index contributed by atoms with van der Waals surface area (Å²) in [6, 6.07) is 69.3. The first-order chi connectivity index (χ1) is 26.3. The van der Waals surface area contributed by atoms with Crippen LogP contribution in [0, 0.1) is 0 Å². The van der Waals surface area contributed by atoms with Gasteiger partial charge in [-0.2, -0.15) is 0 Å². The van der Waals surface area contributed by atoms with Gasteiger partial charge in [0.25, 0.3) is 0 Å². The molecule has 0 atom stereocenters. The van der Waals surface area contributed by atoms with Gasteiger partial charge in [-0.15, -0.1) is 11.3 Å². The van der Waals surface area contributed by atoms with Crippen LogP contribution in [0.1, 0.15) is 0 Å². The molecule has 3 heteroatoms. The topological polar surface area (TPSA) is 25.8 Å². The van der Waals surface area contributed by atoms with Crippen molar-refractivity contribution in [3.8, 4) is 67.3 Å². The highest BCUT2D eigenvalue weighted by atomic mass is 32.1. The zero-order valence-corrected chi connectivity index (χ0v) is 29.6. The second kappa shape index (κ2) is 13.1. The van der Waals surface area contributed by atoms with E-state index in [1.54, 1.807) is 0 Å². The Morgan fingerprint density at radius 1 is 0.321 bits per heavy atom. The van der Waals surface area contributed by atoms with Crippen molar-refractivity contribution in [1.82, 2.24) is 9.97 Å². The molecule has 2 nitrogen and oxygen atoms in total. The van der Waals surface area contributed by atoms with Crippen LogP contribution in [0.5, 0.6) is 0 Å². The van der Waals surface area contributed by atoms with Gasteiger partial charge in [-0.25, -0.2) is 9.97 Å². The number of hydrogen-bond donors (Lipinski definition) is 0. The van der Waals surface area contributed by atoms with Gasteiger partial charge in [-0.3, -0.25) is 0 Å². The molecule has 0 fully saturated rings. The molecule has 53 heavy (non-hydrogen) atoms. The molecule has 0 spiro atoms. The third-order valence-corrected chi connectivity index (χ3v) is 11.3. The Balaban J connectivity index is 1.25. The molecule has 2 aromatic heterocycles. The molecule has 0 aliphatic carbocycles. The number of nitrogens with zero attached hydrogens (tertiary/aromatic N) is 2. The van der Waals surface area contributed by atoms with Gasteiger partial charge in [0.1, 0.15) is 0 Å². The predicted octanol–water partition coefficient (Wildman–Crippen LogP) is 14.0. The number of hydrogen-bond acceptors (Lipinski definition) is 3. The van der Waals surface area contributed by atoms with Crippen molar-refractivity contribution in [2.75, 3.05) is 0 Å². The molecule has 0 unspecified atom stereocenters. The first kappa shape index (κ1) is 31.1. The van der Waals surface area contributed by atoms with E-state index in [0.29, 0.717) is 5.82 Å². The highest BCUT2D eigenvalue weighted by Gasteiger charge is 2.18. The number of benzene rings is 8. The first-order valence-electron chi connectivity index (χ1n) is 17.9. The van der Waals surface area contributed by atoms with Gasteiger partial charge in [0, 0.05) is 36.9 Å². The number of aromatic nitrogens is 2. The van der Waals surface area contributed by atoms with Crippen LogP contribution >= 0.6 is 11.3 Å². The monoisotopic (exact) mass is 692 g/mol. The minimum Gasteiger partial charge on any atom is -0.228 e. The van der Waals surface area contributed by atoms with Crippen molar-refractivity contribution in [1.29, 1.82) is 0 Å². The average Bonchev–Trinajstić information content (AvgIpc) is 3.63. The van der Waals surface area contributed by atoms with E-state index in [0.717, 1.165) is 39.2 Å². The highest BCUT2D eigenvalue weighted by Crippen LogP contribution is 2.44. The van der Waals surface area contributed by atoms with Gasteiger partial charge >= 0.3 is 0 Å². The van der Waals surface area contributed by atoms with Crippen LogP contribution in [0.15, 0.2) is 194 Å². The Labute approximate surface area is 312 Å². The van der Waals surface area contributed by atoms with E-state index in [1.165, 1.54) is 53.2 Å². The summed E-state index contributed by atoms with van der Waals surface area (Å²) in [5, 5.41) is 5.05. The van der Waals surface area contributed by atoms with Crippen LogP contribution in [0.2, 0.25) is 0 Å². The second-order valence-electron chi connectivity index (χ2n) is 13.3. The van der Waals surface area contributed by atoms with Crippen molar-refractivity contribution in [2.45, 2.75) is 0 Å². The molecule has 10 rings (SSSR count). The SMILES string of the molecule is c1ccc(-c2cc(-c3cc(-c4ccccc4-c4cccc5ccccc45)cc(-c4cccc5c4sc4ccccc45)c3)nc(-c3ccccc3)n2)cc1. The summed E-state index contributed by atoms with van der Waals surface area (Å²) in [5.74, 6) is 0.705. The van der Waals surface area contributed by atoms with Crippen molar-refractivity contribution < 1.29 is 0 Å². The van der Waals surface area contributed by atoms with Crippen LogP contribution in [-0.2, 0) is 0 Å². The third kappa shape index (κ3) is 5.68. The lowest BCUT2D eigenvalue weighted by atomic mass is 9.88. The fourth-order valence-electron chi connectivity index (χ4n) is 7.56. The summed E-state index contributed by atoms with van der Waals surface area (Å²) in [6.45, 7) is 0. The van der Waals surface area contributed by atoms with E-state index in [4.69, 9.17) is 9.97 Å². The Morgan fingerprint density at radius 2 is 0.849 bits per heavy atom. The summed E-state index contributed by atoms with van der Waals surface area (Å²) in [7, 11) is 0. The summed E-state index contributed by atoms with van der Waals surface area (Å²) in [6.07, 6.45) is 0. The van der Waals surface area contributed by atoms with Gasteiger partial charge in [-0.05, 0) is 74.5 Å². The quantitative estimate of drug-likeness (QED) is 0.173. The lowest BCUT2D eigenvalue weighted by molar-refractivity contribution is 1.18. The number of thiophene rings is 1. The van der Waals surface area contributed by atoms with Crippen molar-refractivity contribution in [2.24, 2.45) is 0 Å². The largest absolute Gasteiger partial charge is 0.228 e. The zero-order chi connectivity index (χ0) is 35.1. The molecule has 0 aliphatic heterocycles. The molecule has 0 radical (unpaired) electrons. The summed E-state index contributed by atoms with van der Waals surface area (Å²) < 4.78 is 2.58. The molecule has 0 aliphatic rings. The Hall–Kier alpha value is -6.68. The standard InChI is InChI=1S/C50H32N2S/c1-3-16-34(17-4-1)46-32-47(52-50(51-46)35-18-5-2-6-19-35)38-30-36(40-22-9-10-23-42(40)43-26-13-20-33-15-7-8-21-39(33)43)29-37(31-38)41-25-14-27-45-44-24-11-12-28-48(44)53-49(41)45/h1-32H. The van der Waals surface area contributed by atoms with Crippen molar-refractivity contribution in [3.63, 3.8) is 0 Å². The summed E-state index contributed by atoms with van der Waals surface area (Å²) in [5.41, 5.74) is 12.0. The van der Waals surface area contributed by atoms with Crippen LogP contribution < -0.4 is 0 Å². The van der Waals surface area contributed by atoms with Crippen LogP contribution in [0.25, 0.3) is 98.2 Å². The molecule has 8 aromatic carbocycles. The molecule has 0 saturated carbocycles. The number of fused-ring (bicyclic) bond motifs is 4. The number of rotatable bonds is 6. The fourth-order valence-corrected chi connectivity index (χ4v) is 8.80. The van der Waals surface area contributed by atoms with Crippen LogP contribution in [0.3, 0.4) is 0 Å². The molecular weight excluding hydrogens is 661 g/mol. The summed E-state index contributed by atoms with van der Waals surface area (Å²) >= 11 is 1.86. The highest BCUT2D eigenvalue weighted by molar-refractivity contribution is 7.26. The van der Waals surface area contributed by atoms with Crippen LogP contribution in [0.4, 0.5) is 0 Å². The molecule has 0 amide bonds. The maximum Gasteiger partial charge on any atom is 0.160 e. The molecule has 10 aromatic rings. The maximum atomic E-state index is 5.28. The second-order valence-corrected chi connectivity index (χ2v) is 14.4. The van der Waals surface area contributed by atoms with E-state index in [2.05, 4.69) is 170 Å². The molecule has 0 saturated heterocycles. The molecule has 2 heterocycles. The summed E-state index contributed by atoms with van der Waals surface area (Å²) in [4.78, 5) is 10.4. The zero-order valence-electron chi connectivity index (χ0n) is 28.8. The van der Waals surface area contributed by atoms with E-state index < -0.39 is 0 Å². The Morgan fingerprint density at radius 3 is 1.66 bits per heavy atom. The predicted molar refractivity (Wildman–Crippen MR) is 225 cm³/mol. The molecular formula is C50H32N2S. The van der Waals surface area contributed by atoms with Gasteiger partial charge in [0.05, 0.1) is 11.4 Å². The first-order valence-corrected chi connectivity index (χ1v) is 18.7. The third-order valence-electron chi connectivity index (χ3n) is 10.1. The van der Waals surface area contributed by atoms with Gasteiger partial charge in [0.15, 0.2) is 5.82 Å². The normalized spacial score (nSPS) is 11.4. The minimum atomic E-state index is 0.705.